The molecule has 1 aliphatic heterocycles. The fourth-order valence-corrected chi connectivity index (χ4v) is 1.56. The van der Waals surface area contributed by atoms with E-state index in [4.69, 9.17) is 9.47 Å². The zero-order valence-corrected chi connectivity index (χ0v) is 5.72. The van der Waals surface area contributed by atoms with Crippen molar-refractivity contribution < 1.29 is 9.47 Å². The largest absolute Gasteiger partial charge is 0.347 e. The van der Waals surface area contributed by atoms with Crippen molar-refractivity contribution >= 4 is 0 Å². The van der Waals surface area contributed by atoms with Gasteiger partial charge in [0, 0.05) is 12.3 Å². The molecular formula is C7H12O2. The van der Waals surface area contributed by atoms with E-state index in [1.54, 1.807) is 0 Å². The van der Waals surface area contributed by atoms with Gasteiger partial charge in [-0.2, -0.15) is 0 Å². The average molecular weight is 128 g/mol. The highest BCUT2D eigenvalue weighted by atomic mass is 16.7. The summed E-state index contributed by atoms with van der Waals surface area (Å²) in [5.74, 6) is 0.606. The molecule has 0 N–H and O–H groups in total. The molecule has 0 aromatic heterocycles. The zero-order chi connectivity index (χ0) is 6.32. The molecule has 0 amide bonds. The molecule has 1 saturated heterocycles. The average Bonchev–Trinajstić information content (AvgIpc) is 2.30. The van der Waals surface area contributed by atoms with Crippen molar-refractivity contribution in [3.8, 4) is 0 Å². The first-order valence-electron chi connectivity index (χ1n) is 3.65. The van der Waals surface area contributed by atoms with Crippen LogP contribution in [-0.4, -0.2) is 19.0 Å². The second-order valence-electron chi connectivity index (χ2n) is 2.82. The van der Waals surface area contributed by atoms with Gasteiger partial charge in [0.05, 0.1) is 13.2 Å². The molecule has 1 unspecified atom stereocenters. The summed E-state index contributed by atoms with van der Waals surface area (Å²) in [7, 11) is 0. The molecular weight excluding hydrogens is 116 g/mol. The molecule has 2 nitrogen and oxygen atoms in total. The highest BCUT2D eigenvalue weighted by Gasteiger charge is 2.58. The Labute approximate surface area is 55.1 Å². The minimum Gasteiger partial charge on any atom is -0.347 e. The van der Waals surface area contributed by atoms with Crippen LogP contribution in [0.2, 0.25) is 0 Å². The lowest BCUT2D eigenvalue weighted by Crippen LogP contribution is -2.11. The van der Waals surface area contributed by atoms with E-state index in [1.165, 1.54) is 6.42 Å². The van der Waals surface area contributed by atoms with Crippen molar-refractivity contribution in [1.82, 2.24) is 0 Å². The second kappa shape index (κ2) is 1.70. The summed E-state index contributed by atoms with van der Waals surface area (Å²) in [5.41, 5.74) is 0. The third-order valence-electron chi connectivity index (χ3n) is 2.26. The van der Waals surface area contributed by atoms with Crippen LogP contribution in [0.4, 0.5) is 0 Å². The molecule has 9 heavy (non-hydrogen) atoms. The molecule has 0 aromatic rings. The van der Waals surface area contributed by atoms with Gasteiger partial charge in [0.15, 0.2) is 5.79 Å². The van der Waals surface area contributed by atoms with E-state index < -0.39 is 0 Å². The summed E-state index contributed by atoms with van der Waals surface area (Å²) in [6.07, 6.45) is 2.32. The Morgan fingerprint density at radius 2 is 2.11 bits per heavy atom. The van der Waals surface area contributed by atoms with E-state index in [9.17, 15) is 0 Å². The molecule has 1 saturated carbocycles. The highest BCUT2D eigenvalue weighted by Crippen LogP contribution is 2.51. The lowest BCUT2D eigenvalue weighted by Gasteiger charge is -2.05. The molecule has 0 bridgehead atoms. The molecule has 2 aliphatic rings. The summed E-state index contributed by atoms with van der Waals surface area (Å²) >= 11 is 0. The summed E-state index contributed by atoms with van der Waals surface area (Å²) in [5, 5.41) is 0. The third kappa shape index (κ3) is 0.700. The molecule has 0 radical (unpaired) electrons. The van der Waals surface area contributed by atoms with Crippen molar-refractivity contribution in [1.29, 1.82) is 0 Å². The lowest BCUT2D eigenvalue weighted by molar-refractivity contribution is -0.0823. The quantitative estimate of drug-likeness (QED) is 0.527. The minimum atomic E-state index is -0.0885. The standard InChI is InChI=1S/C7H12O2/c1-2-6-5-7(6)8-3-4-9-7/h6H,2-5H2,1H3. The van der Waals surface area contributed by atoms with Crippen LogP contribution in [0.1, 0.15) is 19.8 Å². The van der Waals surface area contributed by atoms with Crippen LogP contribution < -0.4 is 0 Å². The monoisotopic (exact) mass is 128 g/mol. The SMILES string of the molecule is CCC1CC12OCCO2. The first-order valence-corrected chi connectivity index (χ1v) is 3.65. The Morgan fingerprint density at radius 1 is 1.44 bits per heavy atom. The Kier molecular flexibility index (Phi) is 1.08. The summed E-state index contributed by atoms with van der Waals surface area (Å²) in [6, 6.07) is 0. The fraction of sp³-hybridized carbons (Fsp3) is 1.00. The van der Waals surface area contributed by atoms with Crippen molar-refractivity contribution in [2.75, 3.05) is 13.2 Å². The van der Waals surface area contributed by atoms with Crippen LogP contribution in [0.3, 0.4) is 0 Å². The van der Waals surface area contributed by atoms with Gasteiger partial charge in [0.2, 0.25) is 0 Å². The maximum Gasteiger partial charge on any atom is 0.171 e. The minimum absolute atomic E-state index is 0.0885. The summed E-state index contributed by atoms with van der Waals surface area (Å²) < 4.78 is 10.9. The second-order valence-corrected chi connectivity index (χ2v) is 2.82. The topological polar surface area (TPSA) is 18.5 Å². The van der Waals surface area contributed by atoms with Crippen LogP contribution in [0.5, 0.6) is 0 Å². The predicted octanol–water partition coefficient (Wildman–Crippen LogP) is 1.16. The molecule has 2 heteroatoms. The predicted molar refractivity (Wildman–Crippen MR) is 33.0 cm³/mol. The first kappa shape index (κ1) is 5.69. The third-order valence-corrected chi connectivity index (χ3v) is 2.26. The molecule has 1 aliphatic carbocycles. The number of hydrogen-bond acceptors (Lipinski definition) is 2. The van der Waals surface area contributed by atoms with Crippen molar-refractivity contribution in [2.24, 2.45) is 5.92 Å². The highest BCUT2D eigenvalue weighted by molar-refractivity contribution is 4.98. The van der Waals surface area contributed by atoms with Gasteiger partial charge in [-0.25, -0.2) is 0 Å². The molecule has 52 valence electrons. The zero-order valence-electron chi connectivity index (χ0n) is 5.72. The van der Waals surface area contributed by atoms with E-state index in [2.05, 4.69) is 6.92 Å². The number of rotatable bonds is 1. The number of hydrogen-bond donors (Lipinski definition) is 0. The molecule has 0 aromatic carbocycles. The van der Waals surface area contributed by atoms with E-state index in [-0.39, 0.29) is 5.79 Å². The van der Waals surface area contributed by atoms with Crippen LogP contribution in [0.25, 0.3) is 0 Å². The van der Waals surface area contributed by atoms with Crippen molar-refractivity contribution in [3.63, 3.8) is 0 Å². The van der Waals surface area contributed by atoms with Gasteiger partial charge in [-0.1, -0.05) is 6.92 Å². The normalized spacial score (nSPS) is 37.7. The van der Waals surface area contributed by atoms with E-state index in [1.807, 2.05) is 0 Å². The fourth-order valence-electron chi connectivity index (χ4n) is 1.56. The Morgan fingerprint density at radius 3 is 2.56 bits per heavy atom. The van der Waals surface area contributed by atoms with Gasteiger partial charge >= 0.3 is 0 Å². The number of ether oxygens (including phenoxy) is 2. The molecule has 2 rings (SSSR count). The molecule has 1 spiro atoms. The molecule has 1 atom stereocenters. The Hall–Kier alpha value is -0.0800. The van der Waals surface area contributed by atoms with Gasteiger partial charge in [0.1, 0.15) is 0 Å². The van der Waals surface area contributed by atoms with Crippen LogP contribution in [0.15, 0.2) is 0 Å². The lowest BCUT2D eigenvalue weighted by atomic mass is 10.3. The maximum absolute atomic E-state index is 5.43. The van der Waals surface area contributed by atoms with Gasteiger partial charge in [0.25, 0.3) is 0 Å². The maximum atomic E-state index is 5.43. The smallest absolute Gasteiger partial charge is 0.171 e. The molecule has 1 heterocycles. The Balaban J connectivity index is 1.97. The van der Waals surface area contributed by atoms with E-state index >= 15 is 0 Å². The van der Waals surface area contributed by atoms with Gasteiger partial charge in [-0.15, -0.1) is 0 Å². The molecule has 2 fully saturated rings. The Bertz CT molecular complexity index is 116. The van der Waals surface area contributed by atoms with Crippen LogP contribution >= 0.6 is 0 Å². The van der Waals surface area contributed by atoms with Crippen molar-refractivity contribution in [2.45, 2.75) is 25.6 Å². The van der Waals surface area contributed by atoms with Crippen molar-refractivity contribution in [3.05, 3.63) is 0 Å². The van der Waals surface area contributed by atoms with Crippen LogP contribution in [-0.2, 0) is 9.47 Å². The van der Waals surface area contributed by atoms with Gasteiger partial charge in [-0.05, 0) is 6.42 Å². The van der Waals surface area contributed by atoms with Gasteiger partial charge < -0.3 is 9.47 Å². The van der Waals surface area contributed by atoms with E-state index in [0.29, 0.717) is 5.92 Å². The first-order chi connectivity index (χ1) is 4.37. The van der Waals surface area contributed by atoms with Gasteiger partial charge in [-0.3, -0.25) is 0 Å². The summed E-state index contributed by atoms with van der Waals surface area (Å²) in [6.45, 7) is 3.79. The van der Waals surface area contributed by atoms with Crippen LogP contribution in [0, 0.1) is 5.92 Å². The summed E-state index contributed by atoms with van der Waals surface area (Å²) in [4.78, 5) is 0. The van der Waals surface area contributed by atoms with E-state index in [0.717, 1.165) is 19.6 Å².